The van der Waals surface area contributed by atoms with Crippen LogP contribution >= 0.6 is 0 Å². The van der Waals surface area contributed by atoms with Crippen LogP contribution in [-0.4, -0.2) is 67.3 Å². The summed E-state index contributed by atoms with van der Waals surface area (Å²) in [5, 5.41) is 6.01. The summed E-state index contributed by atoms with van der Waals surface area (Å²) >= 11 is 0. The molecule has 1 saturated heterocycles. The third-order valence-electron chi connectivity index (χ3n) is 3.10. The number of nitrogens with zero attached hydrogens (tertiary/aromatic N) is 4. The highest BCUT2D eigenvalue weighted by atomic mass is 16.5. The van der Waals surface area contributed by atoms with Crippen molar-refractivity contribution in [2.45, 2.75) is 13.0 Å². The number of ether oxygens (including phenoxy) is 2. The maximum atomic E-state index is 12.2. The Morgan fingerprint density at radius 2 is 2.00 bits per heavy atom. The van der Waals surface area contributed by atoms with E-state index in [1.165, 1.54) is 14.2 Å². The van der Waals surface area contributed by atoms with Gasteiger partial charge in [-0.2, -0.15) is 9.97 Å². The Hall–Kier alpha value is -2.16. The van der Waals surface area contributed by atoms with Gasteiger partial charge in [-0.3, -0.25) is 4.79 Å². The summed E-state index contributed by atoms with van der Waals surface area (Å²) in [7, 11) is 2.94. The van der Waals surface area contributed by atoms with Gasteiger partial charge in [0.15, 0.2) is 0 Å². The average Bonchev–Trinajstić information content (AvgIpc) is 2.54. The molecule has 0 bridgehead atoms. The number of methoxy groups -OCH3 is 2. The van der Waals surface area contributed by atoms with Crippen molar-refractivity contribution in [2.24, 2.45) is 0 Å². The van der Waals surface area contributed by atoms with Crippen molar-refractivity contribution in [3.05, 3.63) is 0 Å². The standard InChI is InChI=1S/C12H20N6O3/c1-4-14-9(19)8-7-13-5-6-18(8)10-15-11(20-2)17-12(16-10)21-3/h8,13H,4-7H2,1-3H3,(H,14,19). The predicted octanol–water partition coefficient (Wildman–Crippen LogP) is -1.20. The van der Waals surface area contributed by atoms with Gasteiger partial charge in [0.1, 0.15) is 6.04 Å². The van der Waals surface area contributed by atoms with E-state index in [9.17, 15) is 4.79 Å². The molecule has 2 heterocycles. The van der Waals surface area contributed by atoms with Crippen LogP contribution in [0.2, 0.25) is 0 Å². The zero-order valence-corrected chi connectivity index (χ0v) is 12.4. The van der Waals surface area contributed by atoms with Crippen LogP contribution in [0.3, 0.4) is 0 Å². The van der Waals surface area contributed by atoms with Gasteiger partial charge >= 0.3 is 12.0 Å². The molecule has 1 unspecified atom stereocenters. The highest BCUT2D eigenvalue weighted by Crippen LogP contribution is 2.19. The van der Waals surface area contributed by atoms with Gasteiger partial charge in [0, 0.05) is 26.2 Å². The fourth-order valence-electron chi connectivity index (χ4n) is 2.11. The van der Waals surface area contributed by atoms with Crippen LogP contribution in [0.5, 0.6) is 12.0 Å². The molecule has 2 rings (SSSR count). The van der Waals surface area contributed by atoms with Crippen LogP contribution in [0.1, 0.15) is 6.92 Å². The third kappa shape index (κ3) is 3.48. The number of carbonyl (C=O) groups excluding carboxylic acids is 1. The number of rotatable bonds is 5. The fourth-order valence-corrected chi connectivity index (χ4v) is 2.11. The van der Waals surface area contributed by atoms with E-state index in [1.54, 1.807) is 0 Å². The summed E-state index contributed by atoms with van der Waals surface area (Å²) in [6, 6.07) is -0.0643. The molecule has 9 nitrogen and oxygen atoms in total. The molecule has 1 fully saturated rings. The molecule has 0 spiro atoms. The number of amides is 1. The van der Waals surface area contributed by atoms with Crippen molar-refractivity contribution in [1.29, 1.82) is 0 Å². The first-order valence-electron chi connectivity index (χ1n) is 6.78. The van der Waals surface area contributed by atoms with Crippen LogP contribution in [0, 0.1) is 0 Å². The van der Waals surface area contributed by atoms with Gasteiger partial charge in [-0.1, -0.05) is 0 Å². The first-order valence-corrected chi connectivity index (χ1v) is 6.78. The number of hydrogen-bond donors (Lipinski definition) is 2. The number of piperazine rings is 1. The van der Waals surface area contributed by atoms with E-state index < -0.39 is 0 Å². The molecule has 1 atom stereocenters. The second kappa shape index (κ2) is 7.02. The summed E-state index contributed by atoms with van der Waals surface area (Å²) in [6.07, 6.45) is 0. The first kappa shape index (κ1) is 15.2. The molecule has 1 aromatic heterocycles. The molecule has 2 N–H and O–H groups in total. The molecular formula is C12H20N6O3. The van der Waals surface area contributed by atoms with E-state index in [2.05, 4.69) is 25.6 Å². The summed E-state index contributed by atoms with van der Waals surface area (Å²) in [5.74, 6) is 0.305. The molecule has 1 aromatic rings. The zero-order chi connectivity index (χ0) is 15.2. The summed E-state index contributed by atoms with van der Waals surface area (Å²) in [6.45, 7) is 4.34. The predicted molar refractivity (Wildman–Crippen MR) is 75.6 cm³/mol. The van der Waals surface area contributed by atoms with Gasteiger partial charge in [0.25, 0.3) is 0 Å². The molecule has 0 saturated carbocycles. The van der Waals surface area contributed by atoms with E-state index >= 15 is 0 Å². The van der Waals surface area contributed by atoms with E-state index in [1.807, 2.05) is 11.8 Å². The van der Waals surface area contributed by atoms with Crippen molar-refractivity contribution < 1.29 is 14.3 Å². The first-order chi connectivity index (χ1) is 10.2. The van der Waals surface area contributed by atoms with Gasteiger partial charge < -0.3 is 25.0 Å². The van der Waals surface area contributed by atoms with Crippen molar-refractivity contribution in [3.8, 4) is 12.0 Å². The minimum Gasteiger partial charge on any atom is -0.467 e. The molecule has 1 aliphatic rings. The molecule has 21 heavy (non-hydrogen) atoms. The normalized spacial score (nSPS) is 18.2. The number of aromatic nitrogens is 3. The van der Waals surface area contributed by atoms with E-state index in [-0.39, 0.29) is 24.0 Å². The van der Waals surface area contributed by atoms with Crippen molar-refractivity contribution >= 4 is 11.9 Å². The quantitative estimate of drug-likeness (QED) is 0.699. The second-order valence-electron chi connectivity index (χ2n) is 4.42. The third-order valence-corrected chi connectivity index (χ3v) is 3.10. The number of nitrogens with one attached hydrogen (secondary N) is 2. The van der Waals surface area contributed by atoms with Gasteiger partial charge in [-0.25, -0.2) is 0 Å². The van der Waals surface area contributed by atoms with Gasteiger partial charge in [-0.05, 0) is 6.92 Å². The number of carbonyl (C=O) groups is 1. The Morgan fingerprint density at radius 3 is 2.57 bits per heavy atom. The van der Waals surface area contributed by atoms with Gasteiger partial charge in [0.05, 0.1) is 14.2 Å². The molecule has 9 heteroatoms. The topological polar surface area (TPSA) is 102 Å². The van der Waals surface area contributed by atoms with Gasteiger partial charge in [-0.15, -0.1) is 4.98 Å². The largest absolute Gasteiger partial charge is 0.467 e. The molecule has 0 radical (unpaired) electrons. The van der Waals surface area contributed by atoms with Crippen molar-refractivity contribution in [1.82, 2.24) is 25.6 Å². The Morgan fingerprint density at radius 1 is 1.33 bits per heavy atom. The Labute approximate surface area is 123 Å². The smallest absolute Gasteiger partial charge is 0.324 e. The maximum absolute atomic E-state index is 12.2. The fraction of sp³-hybridized carbons (Fsp3) is 0.667. The second-order valence-corrected chi connectivity index (χ2v) is 4.42. The number of hydrogen-bond acceptors (Lipinski definition) is 8. The Bertz CT molecular complexity index is 476. The average molecular weight is 296 g/mol. The Balaban J connectivity index is 2.30. The maximum Gasteiger partial charge on any atom is 0.324 e. The molecule has 1 amide bonds. The van der Waals surface area contributed by atoms with E-state index in [0.717, 1.165) is 6.54 Å². The van der Waals surface area contributed by atoms with E-state index in [0.29, 0.717) is 25.6 Å². The van der Waals surface area contributed by atoms with Gasteiger partial charge in [0.2, 0.25) is 11.9 Å². The minimum absolute atomic E-state index is 0.0666. The van der Waals surface area contributed by atoms with Crippen molar-refractivity contribution in [2.75, 3.05) is 45.3 Å². The zero-order valence-electron chi connectivity index (χ0n) is 12.4. The monoisotopic (exact) mass is 296 g/mol. The number of anilines is 1. The molecule has 1 aliphatic heterocycles. The lowest BCUT2D eigenvalue weighted by molar-refractivity contribution is -0.122. The SMILES string of the molecule is CCNC(=O)C1CNCCN1c1nc(OC)nc(OC)n1. The lowest BCUT2D eigenvalue weighted by atomic mass is 10.2. The lowest BCUT2D eigenvalue weighted by Crippen LogP contribution is -2.58. The van der Waals surface area contributed by atoms with Crippen molar-refractivity contribution in [3.63, 3.8) is 0 Å². The van der Waals surface area contributed by atoms with Crippen LogP contribution in [0.15, 0.2) is 0 Å². The summed E-state index contributed by atoms with van der Waals surface area (Å²) < 4.78 is 10.1. The molecule has 116 valence electrons. The highest BCUT2D eigenvalue weighted by molar-refractivity contribution is 5.85. The van der Waals surface area contributed by atoms with Crippen LogP contribution in [0.4, 0.5) is 5.95 Å². The summed E-state index contributed by atoms with van der Waals surface area (Å²) in [5.41, 5.74) is 0. The highest BCUT2D eigenvalue weighted by Gasteiger charge is 2.31. The van der Waals surface area contributed by atoms with Crippen LogP contribution < -0.4 is 25.0 Å². The molecular weight excluding hydrogens is 276 g/mol. The lowest BCUT2D eigenvalue weighted by Gasteiger charge is -2.35. The molecule has 0 aromatic carbocycles. The number of likely N-dealkylation sites (N-methyl/N-ethyl adjacent to an activating group) is 1. The minimum atomic E-state index is -0.379. The summed E-state index contributed by atoms with van der Waals surface area (Å²) in [4.78, 5) is 26.4. The van der Waals surface area contributed by atoms with Crippen LogP contribution in [0.25, 0.3) is 0 Å². The Kier molecular flexibility index (Phi) is 5.09. The van der Waals surface area contributed by atoms with E-state index in [4.69, 9.17) is 9.47 Å². The van der Waals surface area contributed by atoms with Crippen LogP contribution in [-0.2, 0) is 4.79 Å². The molecule has 0 aliphatic carbocycles.